The molecule has 0 aliphatic carbocycles. The maximum Gasteiger partial charge on any atom is 0.264 e. The summed E-state index contributed by atoms with van der Waals surface area (Å²) in [6.07, 6.45) is 0.325. The van der Waals surface area contributed by atoms with Gasteiger partial charge in [-0.1, -0.05) is 42.8 Å². The van der Waals surface area contributed by atoms with Crippen LogP contribution in [-0.4, -0.2) is 50.4 Å². The predicted molar refractivity (Wildman–Crippen MR) is 163 cm³/mol. The van der Waals surface area contributed by atoms with E-state index in [1.165, 1.54) is 29.2 Å². The minimum absolute atomic E-state index is 0.00642. The number of ether oxygens (including phenoxy) is 1. The first kappa shape index (κ1) is 32.0. The number of carbonyl (C=O) groups is 2. The lowest BCUT2D eigenvalue weighted by molar-refractivity contribution is -0.141. The van der Waals surface area contributed by atoms with Crippen LogP contribution in [0.4, 0.5) is 5.69 Å². The molecule has 3 aromatic carbocycles. The minimum atomic E-state index is -4.17. The van der Waals surface area contributed by atoms with Gasteiger partial charge in [-0.3, -0.25) is 13.9 Å². The van der Waals surface area contributed by atoms with Gasteiger partial charge < -0.3 is 15.0 Å². The fourth-order valence-corrected chi connectivity index (χ4v) is 5.92. The van der Waals surface area contributed by atoms with Crippen molar-refractivity contribution in [2.75, 3.05) is 18.0 Å². The normalized spacial score (nSPS) is 12.4. The Kier molecular flexibility index (Phi) is 10.4. The second kappa shape index (κ2) is 13.4. The topological polar surface area (TPSA) is 96.0 Å². The zero-order valence-corrected chi connectivity index (χ0v) is 25.9. The average Bonchev–Trinajstić information content (AvgIpc) is 2.90. The van der Waals surface area contributed by atoms with Crippen molar-refractivity contribution in [3.05, 3.63) is 88.9 Å². The van der Waals surface area contributed by atoms with Gasteiger partial charge in [0.2, 0.25) is 11.8 Å². The van der Waals surface area contributed by atoms with E-state index in [4.69, 9.17) is 16.3 Å². The highest BCUT2D eigenvalue weighted by molar-refractivity contribution is 7.92. The smallest absolute Gasteiger partial charge is 0.264 e. The Morgan fingerprint density at radius 1 is 1.00 bits per heavy atom. The largest absolute Gasteiger partial charge is 0.497 e. The quantitative estimate of drug-likeness (QED) is 0.311. The number of hydrogen-bond acceptors (Lipinski definition) is 5. The molecule has 3 rings (SSSR count). The van der Waals surface area contributed by atoms with Gasteiger partial charge in [-0.15, -0.1) is 0 Å². The van der Waals surface area contributed by atoms with E-state index in [0.29, 0.717) is 22.9 Å². The maximum absolute atomic E-state index is 14.2. The van der Waals surface area contributed by atoms with Gasteiger partial charge in [0, 0.05) is 17.1 Å². The van der Waals surface area contributed by atoms with E-state index in [-0.39, 0.29) is 17.3 Å². The molecule has 0 aliphatic heterocycles. The second-order valence-electron chi connectivity index (χ2n) is 10.8. The standard InChI is InChI=1S/C31H38ClN3O5S/c1-7-28(30(37)33-31(3,4)5)34(20-23-11-9-13-26(19-23)40-6)29(36)21-35(25-12-8-10-22(2)18-25)41(38,39)27-16-14-24(32)15-17-27/h8-19,28H,7,20-21H2,1-6H3,(H,33,37)/t28-/m0/s1. The number of hydrogen-bond donors (Lipinski definition) is 1. The van der Waals surface area contributed by atoms with Crippen LogP contribution in [0.2, 0.25) is 5.02 Å². The van der Waals surface area contributed by atoms with Crippen LogP contribution >= 0.6 is 11.6 Å². The summed E-state index contributed by atoms with van der Waals surface area (Å²) in [5, 5.41) is 3.36. The molecule has 0 radical (unpaired) electrons. The highest BCUT2D eigenvalue weighted by Crippen LogP contribution is 2.27. The summed E-state index contributed by atoms with van der Waals surface area (Å²) in [4.78, 5) is 29.0. The number of anilines is 1. The number of amides is 2. The lowest BCUT2D eigenvalue weighted by Gasteiger charge is -2.35. The summed E-state index contributed by atoms with van der Waals surface area (Å²) in [6, 6.07) is 19.1. The summed E-state index contributed by atoms with van der Waals surface area (Å²) in [5.74, 6) is -0.240. The molecule has 0 saturated carbocycles. The molecular formula is C31H38ClN3O5S. The van der Waals surface area contributed by atoms with Crippen molar-refractivity contribution in [2.45, 2.75) is 64.1 Å². The number of halogens is 1. The van der Waals surface area contributed by atoms with E-state index in [0.717, 1.165) is 15.4 Å². The van der Waals surface area contributed by atoms with Crippen LogP contribution in [0.25, 0.3) is 0 Å². The molecule has 0 heterocycles. The number of carbonyl (C=O) groups excluding carboxylic acids is 2. The highest BCUT2D eigenvalue weighted by Gasteiger charge is 2.34. The number of rotatable bonds is 11. The van der Waals surface area contributed by atoms with E-state index in [1.54, 1.807) is 43.5 Å². The predicted octanol–water partition coefficient (Wildman–Crippen LogP) is 5.57. The molecule has 0 bridgehead atoms. The van der Waals surface area contributed by atoms with E-state index in [1.807, 2.05) is 46.8 Å². The van der Waals surface area contributed by atoms with Gasteiger partial charge in [0.15, 0.2) is 0 Å². The van der Waals surface area contributed by atoms with Crippen molar-refractivity contribution >= 4 is 39.1 Å². The number of benzene rings is 3. The molecule has 0 aliphatic rings. The summed E-state index contributed by atoms with van der Waals surface area (Å²) in [6.45, 7) is 8.82. The van der Waals surface area contributed by atoms with Gasteiger partial charge in [0.1, 0.15) is 18.3 Å². The SMILES string of the molecule is CC[C@@H](C(=O)NC(C)(C)C)N(Cc1cccc(OC)c1)C(=O)CN(c1cccc(C)c1)S(=O)(=O)c1ccc(Cl)cc1. The molecule has 8 nitrogen and oxygen atoms in total. The number of nitrogens with zero attached hydrogens (tertiary/aromatic N) is 2. The molecule has 0 unspecified atom stereocenters. The van der Waals surface area contributed by atoms with Crippen molar-refractivity contribution in [3.8, 4) is 5.75 Å². The first-order valence-corrected chi connectivity index (χ1v) is 15.2. The molecule has 1 atom stereocenters. The van der Waals surface area contributed by atoms with Crippen LogP contribution in [-0.2, 0) is 26.2 Å². The summed E-state index contributed by atoms with van der Waals surface area (Å²) >= 11 is 6.01. The van der Waals surface area contributed by atoms with Gasteiger partial charge in [0.25, 0.3) is 10.0 Å². The van der Waals surface area contributed by atoms with Crippen LogP contribution in [0.5, 0.6) is 5.75 Å². The Balaban J connectivity index is 2.08. The van der Waals surface area contributed by atoms with Gasteiger partial charge in [0.05, 0.1) is 17.7 Å². The van der Waals surface area contributed by atoms with Crippen LogP contribution in [0.3, 0.4) is 0 Å². The highest BCUT2D eigenvalue weighted by atomic mass is 35.5. The zero-order chi connectivity index (χ0) is 30.4. The van der Waals surface area contributed by atoms with E-state index >= 15 is 0 Å². The molecule has 41 heavy (non-hydrogen) atoms. The molecule has 10 heteroatoms. The molecule has 0 saturated heterocycles. The van der Waals surface area contributed by atoms with E-state index in [9.17, 15) is 18.0 Å². The Hall–Kier alpha value is -3.56. The third-order valence-corrected chi connectivity index (χ3v) is 8.38. The Bertz CT molecular complexity index is 1470. The first-order valence-electron chi connectivity index (χ1n) is 13.3. The fourth-order valence-electron chi connectivity index (χ4n) is 4.39. The maximum atomic E-state index is 14.2. The van der Waals surface area contributed by atoms with E-state index in [2.05, 4.69) is 5.32 Å². The third kappa shape index (κ3) is 8.47. The van der Waals surface area contributed by atoms with Gasteiger partial charge in [-0.05, 0) is 93.8 Å². The van der Waals surface area contributed by atoms with Crippen molar-refractivity contribution in [2.24, 2.45) is 0 Å². The zero-order valence-electron chi connectivity index (χ0n) is 24.3. The average molecular weight is 600 g/mol. The summed E-state index contributed by atoms with van der Waals surface area (Å²) < 4.78 is 34.3. The Labute approximate surface area is 248 Å². The van der Waals surface area contributed by atoms with Gasteiger partial charge in [-0.2, -0.15) is 0 Å². The minimum Gasteiger partial charge on any atom is -0.497 e. The summed E-state index contributed by atoms with van der Waals surface area (Å²) in [5.41, 5.74) is 1.38. The van der Waals surface area contributed by atoms with Crippen molar-refractivity contribution in [3.63, 3.8) is 0 Å². The van der Waals surface area contributed by atoms with Gasteiger partial charge in [-0.25, -0.2) is 8.42 Å². The number of methoxy groups -OCH3 is 1. The fraction of sp³-hybridized carbons (Fsp3) is 0.355. The van der Waals surface area contributed by atoms with Crippen LogP contribution < -0.4 is 14.4 Å². The van der Waals surface area contributed by atoms with Crippen molar-refractivity contribution < 1.29 is 22.7 Å². The van der Waals surface area contributed by atoms with Crippen molar-refractivity contribution in [1.29, 1.82) is 0 Å². The molecule has 220 valence electrons. The van der Waals surface area contributed by atoms with Gasteiger partial charge >= 0.3 is 0 Å². The lowest BCUT2D eigenvalue weighted by atomic mass is 10.1. The third-order valence-electron chi connectivity index (χ3n) is 6.34. The monoisotopic (exact) mass is 599 g/mol. The molecule has 0 fully saturated rings. The van der Waals surface area contributed by atoms with E-state index < -0.39 is 34.1 Å². The number of aryl methyl sites for hydroxylation is 1. The first-order chi connectivity index (χ1) is 19.2. The molecule has 1 N–H and O–H groups in total. The Morgan fingerprint density at radius 2 is 1.66 bits per heavy atom. The van der Waals surface area contributed by atoms with Crippen LogP contribution in [0, 0.1) is 6.92 Å². The molecule has 3 aromatic rings. The van der Waals surface area contributed by atoms with Crippen LogP contribution in [0.1, 0.15) is 45.2 Å². The Morgan fingerprint density at radius 3 is 2.24 bits per heavy atom. The lowest BCUT2D eigenvalue weighted by Crippen LogP contribution is -2.55. The molecular weight excluding hydrogens is 562 g/mol. The number of sulfonamides is 1. The molecule has 0 aromatic heterocycles. The van der Waals surface area contributed by atoms with Crippen molar-refractivity contribution in [1.82, 2.24) is 10.2 Å². The summed E-state index contributed by atoms with van der Waals surface area (Å²) in [7, 11) is -2.62. The second-order valence-corrected chi connectivity index (χ2v) is 13.1. The number of nitrogens with one attached hydrogen (secondary N) is 1. The molecule has 0 spiro atoms. The molecule has 2 amide bonds. The van der Waals surface area contributed by atoms with Crippen LogP contribution in [0.15, 0.2) is 77.7 Å².